The summed E-state index contributed by atoms with van der Waals surface area (Å²) in [7, 11) is 0. The minimum atomic E-state index is -0.160. The highest BCUT2D eigenvalue weighted by Gasteiger charge is 2.41. The number of aromatic nitrogens is 5. The normalized spacial score (nSPS) is 13.1. The maximum Gasteiger partial charge on any atom is 0.164 e. The van der Waals surface area contributed by atoms with Crippen molar-refractivity contribution in [2.75, 3.05) is 0 Å². The van der Waals surface area contributed by atoms with Crippen LogP contribution in [-0.4, -0.2) is 24.1 Å². The third-order valence-electron chi connectivity index (χ3n) is 11.3. The van der Waals surface area contributed by atoms with Crippen molar-refractivity contribution < 1.29 is 0 Å². The second-order valence-corrected chi connectivity index (χ2v) is 14.9. The fourth-order valence-corrected chi connectivity index (χ4v) is 8.92. The zero-order chi connectivity index (χ0) is 36.7. The van der Waals surface area contributed by atoms with Gasteiger partial charge in [0.1, 0.15) is 0 Å². The molecule has 0 saturated heterocycles. The van der Waals surface area contributed by atoms with E-state index < -0.39 is 0 Å². The maximum atomic E-state index is 5.06. The Kier molecular flexibility index (Phi) is 6.83. The Balaban J connectivity index is 1.18. The van der Waals surface area contributed by atoms with Crippen LogP contribution in [0.4, 0.5) is 0 Å². The number of rotatable bonds is 5. The van der Waals surface area contributed by atoms with E-state index in [0.29, 0.717) is 17.5 Å². The van der Waals surface area contributed by atoms with E-state index in [1.165, 1.54) is 44.1 Å². The van der Waals surface area contributed by atoms with Crippen molar-refractivity contribution in [2.24, 2.45) is 0 Å². The molecule has 0 amide bonds. The van der Waals surface area contributed by atoms with Gasteiger partial charge in [-0.05, 0) is 47.5 Å². The van der Waals surface area contributed by atoms with Crippen LogP contribution in [0.5, 0.6) is 0 Å². The van der Waals surface area contributed by atoms with Gasteiger partial charge < -0.3 is 9.13 Å². The van der Waals surface area contributed by atoms with Gasteiger partial charge in [-0.15, -0.1) is 0 Å². The van der Waals surface area contributed by atoms with Gasteiger partial charge in [0.15, 0.2) is 17.5 Å². The Morgan fingerprint density at radius 2 is 1.00 bits per heavy atom. The second-order valence-electron chi connectivity index (χ2n) is 14.9. The molecule has 55 heavy (non-hydrogen) atoms. The van der Waals surface area contributed by atoms with Crippen molar-refractivity contribution in [3.05, 3.63) is 187 Å². The lowest BCUT2D eigenvalue weighted by atomic mass is 9.81. The van der Waals surface area contributed by atoms with Crippen molar-refractivity contribution in [3.8, 4) is 56.8 Å². The first-order valence-electron chi connectivity index (χ1n) is 18.8. The van der Waals surface area contributed by atoms with Gasteiger partial charge in [-0.2, -0.15) is 0 Å². The monoisotopic (exact) mass is 705 g/mol. The molecule has 0 radical (unpaired) electrons. The van der Waals surface area contributed by atoms with Crippen LogP contribution in [0, 0.1) is 0 Å². The van der Waals surface area contributed by atoms with E-state index in [-0.39, 0.29) is 5.41 Å². The first kappa shape index (κ1) is 31.4. The molecule has 0 saturated carbocycles. The van der Waals surface area contributed by atoms with Crippen molar-refractivity contribution in [1.82, 2.24) is 24.1 Å². The largest absolute Gasteiger partial charge is 0.309 e. The minimum Gasteiger partial charge on any atom is -0.309 e. The summed E-state index contributed by atoms with van der Waals surface area (Å²) in [4.78, 5) is 15.0. The molecule has 0 unspecified atom stereocenters. The summed E-state index contributed by atoms with van der Waals surface area (Å²) >= 11 is 0. The number of hydrogen-bond donors (Lipinski definition) is 0. The van der Waals surface area contributed by atoms with Crippen LogP contribution in [-0.2, 0) is 5.41 Å². The summed E-state index contributed by atoms with van der Waals surface area (Å²) in [6.45, 7) is 4.75. The molecular formula is C50H35N5. The number of nitrogens with zero attached hydrogens (tertiary/aromatic N) is 5. The molecule has 260 valence electrons. The van der Waals surface area contributed by atoms with E-state index in [4.69, 9.17) is 15.0 Å². The van der Waals surface area contributed by atoms with Crippen LogP contribution >= 0.6 is 0 Å². The fourth-order valence-electron chi connectivity index (χ4n) is 8.92. The molecule has 7 aromatic carbocycles. The topological polar surface area (TPSA) is 48.5 Å². The highest BCUT2D eigenvalue weighted by Crippen LogP contribution is 2.55. The van der Waals surface area contributed by atoms with Gasteiger partial charge >= 0.3 is 0 Å². The lowest BCUT2D eigenvalue weighted by molar-refractivity contribution is 0.666. The van der Waals surface area contributed by atoms with Gasteiger partial charge in [0.2, 0.25) is 0 Å². The molecule has 0 spiro atoms. The molecule has 3 heterocycles. The van der Waals surface area contributed by atoms with E-state index in [9.17, 15) is 0 Å². The molecule has 1 aliphatic carbocycles. The Morgan fingerprint density at radius 3 is 1.71 bits per heavy atom. The fraction of sp³-hybridized carbons (Fsp3) is 0.0600. The van der Waals surface area contributed by atoms with Crippen LogP contribution in [0.1, 0.15) is 25.0 Å². The van der Waals surface area contributed by atoms with Crippen LogP contribution in [0.3, 0.4) is 0 Å². The molecule has 11 rings (SSSR count). The third-order valence-corrected chi connectivity index (χ3v) is 11.3. The number of benzene rings is 7. The zero-order valence-corrected chi connectivity index (χ0v) is 30.5. The van der Waals surface area contributed by atoms with Gasteiger partial charge in [0.25, 0.3) is 0 Å². The lowest BCUT2D eigenvalue weighted by Gasteiger charge is -2.21. The average Bonchev–Trinajstić information content (AvgIpc) is 3.86. The van der Waals surface area contributed by atoms with Gasteiger partial charge in [0, 0.05) is 55.2 Å². The first-order chi connectivity index (χ1) is 27.1. The SMILES string of the molecule is CC1(C)c2ccccc2-c2c1c1ccc3c(c4ccccc4n3-c3cccc(-c4nc(-c5ccccc5)nc(-c5ccccc5)n4)c3)c1n2-c1ccccc1. The lowest BCUT2D eigenvalue weighted by Crippen LogP contribution is -2.14. The Labute approximate surface area is 318 Å². The number of hydrogen-bond acceptors (Lipinski definition) is 3. The molecule has 1 aliphatic rings. The molecular weight excluding hydrogens is 671 g/mol. The third kappa shape index (κ3) is 4.69. The average molecular weight is 706 g/mol. The number of fused-ring (bicyclic) bond motifs is 9. The quantitative estimate of drug-likeness (QED) is 0.179. The summed E-state index contributed by atoms with van der Waals surface area (Å²) in [6.07, 6.45) is 0. The first-order valence-corrected chi connectivity index (χ1v) is 18.8. The highest BCUT2D eigenvalue weighted by atomic mass is 15.0. The Hall–Kier alpha value is -7.11. The molecule has 0 fully saturated rings. The standard InChI is InChI=1S/C50H35N5/c1-50(2)40-27-14-12-25-37(40)46-44(50)39-29-30-42-43(45(39)55(46)35-22-10-5-11-23-35)38-26-13-15-28-41(38)54(42)36-24-16-21-34(31-36)49-52-47(32-17-6-3-7-18-32)51-48(53-49)33-19-8-4-9-20-33/h3-31H,1-2H3. The summed E-state index contributed by atoms with van der Waals surface area (Å²) in [5.41, 5.74) is 13.7. The van der Waals surface area contributed by atoms with E-state index >= 15 is 0 Å². The van der Waals surface area contributed by atoms with Gasteiger partial charge in [-0.25, -0.2) is 15.0 Å². The van der Waals surface area contributed by atoms with E-state index in [2.05, 4.69) is 138 Å². The second kappa shape index (κ2) is 12.0. The number of para-hydroxylation sites is 2. The van der Waals surface area contributed by atoms with E-state index in [1.54, 1.807) is 0 Å². The smallest absolute Gasteiger partial charge is 0.164 e. The summed E-state index contributed by atoms with van der Waals surface area (Å²) in [5, 5.41) is 3.74. The summed E-state index contributed by atoms with van der Waals surface area (Å²) in [6, 6.07) is 62.1. The highest BCUT2D eigenvalue weighted by molar-refractivity contribution is 6.23. The molecule has 5 nitrogen and oxygen atoms in total. The van der Waals surface area contributed by atoms with Crippen molar-refractivity contribution in [3.63, 3.8) is 0 Å². The van der Waals surface area contributed by atoms with Gasteiger partial charge in [-0.3, -0.25) is 0 Å². The van der Waals surface area contributed by atoms with Crippen molar-refractivity contribution in [1.29, 1.82) is 0 Å². The predicted octanol–water partition coefficient (Wildman–Crippen LogP) is 12.2. The van der Waals surface area contributed by atoms with E-state index in [1.807, 2.05) is 60.7 Å². The molecule has 10 aromatic rings. The molecule has 0 aliphatic heterocycles. The van der Waals surface area contributed by atoms with Crippen LogP contribution in [0.15, 0.2) is 176 Å². The van der Waals surface area contributed by atoms with Crippen LogP contribution < -0.4 is 0 Å². The molecule has 0 bridgehead atoms. The molecule has 0 atom stereocenters. The molecule has 3 aromatic heterocycles. The molecule has 0 N–H and O–H groups in total. The van der Waals surface area contributed by atoms with Crippen molar-refractivity contribution in [2.45, 2.75) is 19.3 Å². The maximum absolute atomic E-state index is 5.06. The zero-order valence-electron chi connectivity index (χ0n) is 30.5. The Bertz CT molecular complexity index is 3040. The van der Waals surface area contributed by atoms with Crippen LogP contribution in [0.25, 0.3) is 89.5 Å². The van der Waals surface area contributed by atoms with Gasteiger partial charge in [-0.1, -0.05) is 153 Å². The summed E-state index contributed by atoms with van der Waals surface area (Å²) in [5.74, 6) is 1.93. The predicted molar refractivity (Wildman–Crippen MR) is 225 cm³/mol. The minimum absolute atomic E-state index is 0.160. The van der Waals surface area contributed by atoms with Gasteiger partial charge in [0.05, 0.1) is 22.2 Å². The summed E-state index contributed by atoms with van der Waals surface area (Å²) < 4.78 is 4.92. The van der Waals surface area contributed by atoms with Crippen molar-refractivity contribution >= 4 is 32.7 Å². The van der Waals surface area contributed by atoms with E-state index in [0.717, 1.165) is 39.1 Å². The Morgan fingerprint density at radius 1 is 0.436 bits per heavy atom. The van der Waals surface area contributed by atoms with Crippen LogP contribution in [0.2, 0.25) is 0 Å². The molecule has 5 heteroatoms.